The van der Waals surface area contributed by atoms with Gasteiger partial charge in [0.1, 0.15) is 11.6 Å². The molecule has 0 heterocycles. The van der Waals surface area contributed by atoms with Crippen molar-refractivity contribution < 1.29 is 4.79 Å². The molecule has 0 saturated carbocycles. The predicted octanol–water partition coefficient (Wildman–Crippen LogP) is 3.02. The lowest BCUT2D eigenvalue weighted by molar-refractivity contribution is -0.125. The van der Waals surface area contributed by atoms with Crippen molar-refractivity contribution >= 4 is 11.6 Å². The maximum absolute atomic E-state index is 12.2. The van der Waals surface area contributed by atoms with Gasteiger partial charge in [-0.2, -0.15) is 5.26 Å². The van der Waals surface area contributed by atoms with Crippen molar-refractivity contribution in [1.29, 1.82) is 5.26 Å². The van der Waals surface area contributed by atoms with Gasteiger partial charge in [-0.25, -0.2) is 0 Å². The Labute approximate surface area is 125 Å². The van der Waals surface area contributed by atoms with E-state index in [2.05, 4.69) is 18.5 Å². The largest absolute Gasteiger partial charge is 0.360 e. The van der Waals surface area contributed by atoms with E-state index in [0.717, 1.165) is 11.3 Å². The highest BCUT2D eigenvalue weighted by Gasteiger charge is 2.15. The van der Waals surface area contributed by atoms with Crippen LogP contribution in [-0.2, 0) is 4.79 Å². The minimum atomic E-state index is -0.350. The van der Waals surface area contributed by atoms with E-state index < -0.39 is 0 Å². The average molecular weight is 281 g/mol. The summed E-state index contributed by atoms with van der Waals surface area (Å²) in [6.45, 7) is 9.94. The predicted molar refractivity (Wildman–Crippen MR) is 85.5 cm³/mol. The standard InChI is InChI=1S/C17H19N3O/c1-4-10-20(11-5-2)17(21)15(12-18)13-19-16-8-6-14(3)7-9-16/h4-9,13,19H,1-2,10-11H2,3H3/b15-13-. The van der Waals surface area contributed by atoms with Crippen LogP contribution in [0.25, 0.3) is 0 Å². The van der Waals surface area contributed by atoms with Crippen LogP contribution in [0.2, 0.25) is 0 Å². The van der Waals surface area contributed by atoms with Crippen LogP contribution in [0.1, 0.15) is 5.56 Å². The number of amides is 1. The van der Waals surface area contributed by atoms with E-state index in [-0.39, 0.29) is 11.5 Å². The van der Waals surface area contributed by atoms with Crippen LogP contribution in [-0.4, -0.2) is 23.9 Å². The Balaban J connectivity index is 2.84. The molecular weight excluding hydrogens is 262 g/mol. The number of hydrogen-bond acceptors (Lipinski definition) is 3. The van der Waals surface area contributed by atoms with Crippen molar-refractivity contribution in [2.45, 2.75) is 6.92 Å². The summed E-state index contributed by atoms with van der Waals surface area (Å²) < 4.78 is 0. The summed E-state index contributed by atoms with van der Waals surface area (Å²) in [6, 6.07) is 9.59. The quantitative estimate of drug-likeness (QED) is 0.475. The van der Waals surface area contributed by atoms with Gasteiger partial charge in [0.2, 0.25) is 0 Å². The first-order valence-electron chi connectivity index (χ1n) is 6.57. The molecule has 4 heteroatoms. The van der Waals surface area contributed by atoms with Gasteiger partial charge < -0.3 is 10.2 Å². The summed E-state index contributed by atoms with van der Waals surface area (Å²) in [5.74, 6) is -0.350. The highest BCUT2D eigenvalue weighted by atomic mass is 16.2. The third-order valence-electron chi connectivity index (χ3n) is 2.77. The number of carbonyl (C=O) groups is 1. The molecule has 0 aliphatic carbocycles. The molecule has 4 nitrogen and oxygen atoms in total. The third kappa shape index (κ3) is 5.00. The second-order valence-corrected chi connectivity index (χ2v) is 4.47. The van der Waals surface area contributed by atoms with Crippen LogP contribution >= 0.6 is 0 Å². The number of nitrogens with one attached hydrogen (secondary N) is 1. The molecule has 0 radical (unpaired) electrons. The van der Waals surface area contributed by atoms with Crippen molar-refractivity contribution in [3.05, 3.63) is 66.9 Å². The van der Waals surface area contributed by atoms with Crippen LogP contribution in [0.5, 0.6) is 0 Å². The maximum Gasteiger partial charge on any atom is 0.266 e. The zero-order valence-electron chi connectivity index (χ0n) is 12.2. The molecule has 21 heavy (non-hydrogen) atoms. The lowest BCUT2D eigenvalue weighted by atomic mass is 10.2. The van der Waals surface area contributed by atoms with Gasteiger partial charge in [-0.3, -0.25) is 4.79 Å². The van der Waals surface area contributed by atoms with Gasteiger partial charge in [0.15, 0.2) is 0 Å². The average Bonchev–Trinajstić information content (AvgIpc) is 2.49. The molecular formula is C17H19N3O. The van der Waals surface area contributed by atoms with Crippen molar-refractivity contribution in [2.24, 2.45) is 0 Å². The summed E-state index contributed by atoms with van der Waals surface area (Å²) in [5.41, 5.74) is 2.00. The van der Waals surface area contributed by atoms with Gasteiger partial charge >= 0.3 is 0 Å². The molecule has 0 fully saturated rings. The number of nitrogens with zero attached hydrogens (tertiary/aromatic N) is 2. The minimum absolute atomic E-state index is 0.0410. The van der Waals surface area contributed by atoms with Gasteiger partial charge in [0.05, 0.1) is 0 Å². The van der Waals surface area contributed by atoms with Crippen LogP contribution < -0.4 is 5.32 Å². The first-order chi connectivity index (χ1) is 10.1. The molecule has 1 aromatic rings. The first-order valence-corrected chi connectivity index (χ1v) is 6.57. The number of aryl methyl sites for hydroxylation is 1. The second kappa shape index (κ2) is 8.39. The van der Waals surface area contributed by atoms with Crippen molar-refractivity contribution in [1.82, 2.24) is 4.90 Å². The molecule has 1 N–H and O–H groups in total. The Morgan fingerprint density at radius 1 is 1.29 bits per heavy atom. The Kier molecular flexibility index (Phi) is 6.49. The van der Waals surface area contributed by atoms with Gasteiger partial charge in [-0.05, 0) is 19.1 Å². The molecule has 1 aromatic carbocycles. The molecule has 1 rings (SSSR count). The van der Waals surface area contributed by atoms with E-state index in [0.29, 0.717) is 13.1 Å². The van der Waals surface area contributed by atoms with Crippen LogP contribution in [0, 0.1) is 18.3 Å². The summed E-state index contributed by atoms with van der Waals surface area (Å²) in [5, 5.41) is 12.1. The maximum atomic E-state index is 12.2. The Morgan fingerprint density at radius 3 is 2.33 bits per heavy atom. The Morgan fingerprint density at radius 2 is 1.86 bits per heavy atom. The smallest absolute Gasteiger partial charge is 0.266 e. The molecule has 108 valence electrons. The molecule has 0 spiro atoms. The minimum Gasteiger partial charge on any atom is -0.360 e. The van der Waals surface area contributed by atoms with Gasteiger partial charge in [-0.1, -0.05) is 29.8 Å². The fourth-order valence-electron chi connectivity index (χ4n) is 1.67. The molecule has 1 amide bonds. The number of benzene rings is 1. The van der Waals surface area contributed by atoms with E-state index in [9.17, 15) is 4.79 Å². The lowest BCUT2D eigenvalue weighted by Crippen LogP contribution is -2.32. The molecule has 0 aliphatic heterocycles. The van der Waals surface area contributed by atoms with Crippen molar-refractivity contribution in [2.75, 3.05) is 18.4 Å². The lowest BCUT2D eigenvalue weighted by Gasteiger charge is -2.18. The second-order valence-electron chi connectivity index (χ2n) is 4.47. The van der Waals surface area contributed by atoms with Crippen LogP contribution in [0.15, 0.2) is 61.3 Å². The molecule has 0 aromatic heterocycles. The monoisotopic (exact) mass is 281 g/mol. The van der Waals surface area contributed by atoms with E-state index in [1.807, 2.05) is 37.3 Å². The number of carbonyl (C=O) groups excluding carboxylic acids is 1. The van der Waals surface area contributed by atoms with Gasteiger partial charge in [-0.15, -0.1) is 13.2 Å². The third-order valence-corrected chi connectivity index (χ3v) is 2.77. The SMILES string of the molecule is C=CCN(CC=C)C(=O)/C(C#N)=C\Nc1ccc(C)cc1. The highest BCUT2D eigenvalue weighted by Crippen LogP contribution is 2.10. The van der Waals surface area contributed by atoms with E-state index in [1.54, 1.807) is 12.2 Å². The number of anilines is 1. The highest BCUT2D eigenvalue weighted by molar-refractivity contribution is 5.97. The van der Waals surface area contributed by atoms with Crippen LogP contribution in [0.3, 0.4) is 0 Å². The normalized spacial score (nSPS) is 10.4. The number of hydrogen-bond donors (Lipinski definition) is 1. The zero-order chi connectivity index (χ0) is 15.7. The Hall–Kier alpha value is -2.80. The fraction of sp³-hybridized carbons (Fsp3) is 0.176. The molecule has 0 atom stereocenters. The summed E-state index contributed by atoms with van der Waals surface area (Å²) in [6.07, 6.45) is 4.65. The number of nitriles is 1. The van der Waals surface area contributed by atoms with Gasteiger partial charge in [0, 0.05) is 25.0 Å². The number of rotatable bonds is 7. The fourth-order valence-corrected chi connectivity index (χ4v) is 1.67. The zero-order valence-corrected chi connectivity index (χ0v) is 12.2. The molecule has 0 bridgehead atoms. The van der Waals surface area contributed by atoms with Crippen LogP contribution in [0.4, 0.5) is 5.69 Å². The first kappa shape index (κ1) is 16.3. The summed E-state index contributed by atoms with van der Waals surface area (Å²) >= 11 is 0. The molecule has 0 unspecified atom stereocenters. The summed E-state index contributed by atoms with van der Waals surface area (Å²) in [7, 11) is 0. The molecule has 0 saturated heterocycles. The Bertz CT molecular complexity index is 569. The summed E-state index contributed by atoms with van der Waals surface area (Å²) in [4.78, 5) is 13.7. The van der Waals surface area contributed by atoms with E-state index in [4.69, 9.17) is 5.26 Å². The topological polar surface area (TPSA) is 56.1 Å². The van der Waals surface area contributed by atoms with E-state index in [1.165, 1.54) is 11.1 Å². The van der Waals surface area contributed by atoms with E-state index >= 15 is 0 Å². The van der Waals surface area contributed by atoms with Gasteiger partial charge in [0.25, 0.3) is 5.91 Å². The van der Waals surface area contributed by atoms with Crippen molar-refractivity contribution in [3.63, 3.8) is 0 Å². The van der Waals surface area contributed by atoms with Crippen molar-refractivity contribution in [3.8, 4) is 6.07 Å². The molecule has 0 aliphatic rings.